The molecule has 1 unspecified atom stereocenters. The number of benzene rings is 1. The van der Waals surface area contributed by atoms with Gasteiger partial charge < -0.3 is 10.6 Å². The molecule has 2 heterocycles. The number of halogens is 3. The monoisotopic (exact) mass is 368 g/mol. The molecule has 0 spiro atoms. The van der Waals surface area contributed by atoms with Crippen molar-refractivity contribution in [1.29, 1.82) is 0 Å². The Hall–Kier alpha value is -2.09. The Morgan fingerprint density at radius 2 is 1.85 bits per heavy atom. The first kappa shape index (κ1) is 18.7. The largest absolute Gasteiger partial charge is 0.406 e. The Labute approximate surface area is 150 Å². The fraction of sp³-hybridized carbons (Fsp3) is 0.556. The summed E-state index contributed by atoms with van der Waals surface area (Å²) in [7, 11) is 0. The molecule has 0 saturated carbocycles. The van der Waals surface area contributed by atoms with E-state index in [0.717, 1.165) is 25.9 Å². The number of aliphatic imine (C=N–C) groups is 1. The molecule has 2 aliphatic heterocycles. The van der Waals surface area contributed by atoms with Gasteiger partial charge in [-0.25, -0.2) is 4.99 Å². The molecule has 2 aliphatic rings. The van der Waals surface area contributed by atoms with Crippen molar-refractivity contribution in [3.63, 3.8) is 0 Å². The highest BCUT2D eigenvalue weighted by atomic mass is 19.4. The molecule has 1 amide bonds. The number of hydrogen-bond donors (Lipinski definition) is 1. The summed E-state index contributed by atoms with van der Waals surface area (Å²) in [5.74, 6) is -0.344. The number of carbonyl (C=O) groups excluding carboxylic acids is 1. The first-order chi connectivity index (χ1) is 12.1. The number of alkyl halides is 3. The maximum absolute atomic E-state index is 13.0. The van der Waals surface area contributed by atoms with E-state index in [-0.39, 0.29) is 11.1 Å². The molecule has 0 bridgehead atoms. The van der Waals surface area contributed by atoms with Crippen molar-refractivity contribution in [2.45, 2.75) is 39.0 Å². The van der Waals surface area contributed by atoms with Gasteiger partial charge in [0.05, 0.1) is 5.69 Å². The number of rotatable bonds is 1. The van der Waals surface area contributed by atoms with Crippen molar-refractivity contribution in [3.8, 4) is 0 Å². The van der Waals surface area contributed by atoms with Gasteiger partial charge in [-0.1, -0.05) is 26.0 Å². The van der Waals surface area contributed by atoms with Crippen LogP contribution in [0.2, 0.25) is 0 Å². The normalized spacial score (nSPS) is 23.4. The van der Waals surface area contributed by atoms with Gasteiger partial charge in [0.25, 0.3) is 5.91 Å². The van der Waals surface area contributed by atoms with Gasteiger partial charge in [-0.3, -0.25) is 9.69 Å². The fourth-order valence-corrected chi connectivity index (χ4v) is 3.35. The zero-order chi connectivity index (χ0) is 19.1. The molecule has 5 nitrogen and oxygen atoms in total. The molecule has 1 saturated heterocycles. The molecule has 26 heavy (non-hydrogen) atoms. The highest BCUT2D eigenvalue weighted by Gasteiger charge is 2.39. The standard InChI is InChI=1S/C18H23F3N4O/c1-17(2)7-9-24(10-8-17)15-12-5-3-4-6-13(12)25(11-18(19,20)21)16(26)14(22)23-15/h3-6,14H,7-11,22H2,1-2H3. The third-order valence-electron chi connectivity index (χ3n) is 4.97. The molecular weight excluding hydrogens is 345 g/mol. The first-order valence-corrected chi connectivity index (χ1v) is 8.63. The number of nitrogens with zero attached hydrogens (tertiary/aromatic N) is 3. The van der Waals surface area contributed by atoms with Gasteiger partial charge in [0.15, 0.2) is 6.17 Å². The van der Waals surface area contributed by atoms with E-state index in [2.05, 4.69) is 18.8 Å². The number of nitrogens with two attached hydrogens (primary N) is 1. The van der Waals surface area contributed by atoms with Crippen LogP contribution in [-0.2, 0) is 4.79 Å². The van der Waals surface area contributed by atoms with Crippen LogP contribution in [0.25, 0.3) is 0 Å². The summed E-state index contributed by atoms with van der Waals surface area (Å²) in [4.78, 5) is 19.5. The fourth-order valence-electron chi connectivity index (χ4n) is 3.35. The second kappa shape index (κ2) is 6.57. The maximum atomic E-state index is 13.0. The Kier molecular flexibility index (Phi) is 4.72. The topological polar surface area (TPSA) is 61.9 Å². The van der Waals surface area contributed by atoms with Crippen LogP contribution < -0.4 is 10.6 Å². The van der Waals surface area contributed by atoms with Crippen LogP contribution in [0.5, 0.6) is 0 Å². The van der Waals surface area contributed by atoms with Crippen molar-refractivity contribution in [2.24, 2.45) is 16.1 Å². The lowest BCUT2D eigenvalue weighted by Crippen LogP contribution is -2.46. The predicted molar refractivity (Wildman–Crippen MR) is 94.0 cm³/mol. The summed E-state index contributed by atoms with van der Waals surface area (Å²) in [6, 6.07) is 6.56. The minimum atomic E-state index is -4.53. The molecule has 3 rings (SSSR count). The van der Waals surface area contributed by atoms with E-state index in [1.54, 1.807) is 18.2 Å². The number of carbonyl (C=O) groups is 1. The SMILES string of the molecule is CC1(C)CCN(C2=NC(N)C(=O)N(CC(F)(F)F)c3ccccc32)CC1. The molecule has 1 aromatic rings. The molecule has 2 N–H and O–H groups in total. The van der Waals surface area contributed by atoms with E-state index in [1.807, 2.05) is 4.90 Å². The summed E-state index contributed by atoms with van der Waals surface area (Å²) in [5.41, 5.74) is 6.77. The van der Waals surface area contributed by atoms with Crippen LogP contribution in [0.4, 0.5) is 18.9 Å². The molecule has 1 fully saturated rings. The quantitative estimate of drug-likeness (QED) is 0.829. The zero-order valence-corrected chi connectivity index (χ0v) is 14.9. The van der Waals surface area contributed by atoms with Crippen molar-refractivity contribution < 1.29 is 18.0 Å². The van der Waals surface area contributed by atoms with E-state index in [4.69, 9.17) is 5.73 Å². The van der Waals surface area contributed by atoms with Crippen molar-refractivity contribution in [2.75, 3.05) is 24.5 Å². The first-order valence-electron chi connectivity index (χ1n) is 8.63. The number of piperidine rings is 1. The average Bonchev–Trinajstić information content (AvgIpc) is 2.65. The van der Waals surface area contributed by atoms with Gasteiger partial charge >= 0.3 is 6.18 Å². The molecular formula is C18H23F3N4O. The molecule has 1 aromatic carbocycles. The van der Waals surface area contributed by atoms with Crippen LogP contribution in [0.1, 0.15) is 32.3 Å². The molecule has 8 heteroatoms. The van der Waals surface area contributed by atoms with E-state index >= 15 is 0 Å². The third kappa shape index (κ3) is 3.85. The Bertz CT molecular complexity index is 719. The number of anilines is 1. The molecule has 0 radical (unpaired) electrons. The van der Waals surface area contributed by atoms with Gasteiger partial charge in [-0.05, 0) is 30.4 Å². The van der Waals surface area contributed by atoms with Crippen LogP contribution in [0.15, 0.2) is 29.3 Å². The van der Waals surface area contributed by atoms with Crippen molar-refractivity contribution in [3.05, 3.63) is 29.8 Å². The van der Waals surface area contributed by atoms with Gasteiger partial charge in [0.2, 0.25) is 0 Å². The van der Waals surface area contributed by atoms with Crippen molar-refractivity contribution >= 4 is 17.4 Å². The number of fused-ring (bicyclic) bond motifs is 1. The molecule has 142 valence electrons. The lowest BCUT2D eigenvalue weighted by molar-refractivity contribution is -0.133. The van der Waals surface area contributed by atoms with Gasteiger partial charge in [-0.15, -0.1) is 0 Å². The average molecular weight is 368 g/mol. The number of amides is 1. The van der Waals surface area contributed by atoms with E-state index in [9.17, 15) is 18.0 Å². The summed E-state index contributed by atoms with van der Waals surface area (Å²) >= 11 is 0. The second-order valence-corrected chi connectivity index (χ2v) is 7.61. The zero-order valence-electron chi connectivity index (χ0n) is 14.9. The number of likely N-dealkylation sites (tertiary alicyclic amines) is 1. The minimum absolute atomic E-state index is 0.200. The van der Waals surface area contributed by atoms with Crippen LogP contribution >= 0.6 is 0 Å². The summed E-state index contributed by atoms with van der Waals surface area (Å²) < 4.78 is 39.1. The van der Waals surface area contributed by atoms with Gasteiger partial charge in [0, 0.05) is 18.7 Å². The lowest BCUT2D eigenvalue weighted by atomic mass is 9.82. The lowest BCUT2D eigenvalue weighted by Gasteiger charge is -2.38. The van der Waals surface area contributed by atoms with Crippen LogP contribution in [0.3, 0.4) is 0 Å². The van der Waals surface area contributed by atoms with Gasteiger partial charge in [-0.2, -0.15) is 13.2 Å². The predicted octanol–water partition coefficient (Wildman–Crippen LogP) is 2.75. The Morgan fingerprint density at radius 3 is 2.46 bits per heavy atom. The highest BCUT2D eigenvalue weighted by Crippen LogP contribution is 2.34. The third-order valence-corrected chi connectivity index (χ3v) is 4.97. The molecule has 1 atom stereocenters. The van der Waals surface area contributed by atoms with Crippen LogP contribution in [-0.4, -0.2) is 48.6 Å². The Balaban J connectivity index is 2.01. The summed E-state index contributed by atoms with van der Waals surface area (Å²) in [6.45, 7) is 4.44. The van der Waals surface area contributed by atoms with E-state index < -0.39 is 24.8 Å². The van der Waals surface area contributed by atoms with Crippen molar-refractivity contribution in [1.82, 2.24) is 4.90 Å². The van der Waals surface area contributed by atoms with E-state index in [1.165, 1.54) is 6.07 Å². The number of para-hydroxylation sites is 1. The molecule has 0 aliphatic carbocycles. The molecule has 0 aromatic heterocycles. The second-order valence-electron chi connectivity index (χ2n) is 7.61. The summed E-state index contributed by atoms with van der Waals surface area (Å²) in [5, 5.41) is 0. The number of benzodiazepines with no additional fused rings is 1. The number of hydrogen-bond acceptors (Lipinski definition) is 4. The minimum Gasteiger partial charge on any atom is -0.356 e. The van der Waals surface area contributed by atoms with Crippen LogP contribution in [0, 0.1) is 5.41 Å². The Morgan fingerprint density at radius 1 is 1.23 bits per heavy atom. The van der Waals surface area contributed by atoms with Gasteiger partial charge in [0.1, 0.15) is 12.4 Å². The number of amidine groups is 1. The summed E-state index contributed by atoms with van der Waals surface area (Å²) in [6.07, 6.45) is -4.01. The smallest absolute Gasteiger partial charge is 0.356 e. The maximum Gasteiger partial charge on any atom is 0.406 e. The highest BCUT2D eigenvalue weighted by molar-refractivity contribution is 6.11. The van der Waals surface area contributed by atoms with E-state index in [0.29, 0.717) is 16.3 Å².